The smallest absolute Gasteiger partial charge is 0.255 e. The molecule has 0 saturated carbocycles. The number of ether oxygens (including phenoxy) is 1. The molecule has 0 aromatic heterocycles. The Bertz CT molecular complexity index is 947. The average molecular weight is 423 g/mol. The fourth-order valence-electron chi connectivity index (χ4n) is 2.81. The van der Waals surface area contributed by atoms with Crippen LogP contribution in [0.3, 0.4) is 0 Å². The quantitative estimate of drug-likeness (QED) is 0.620. The van der Waals surface area contributed by atoms with Crippen molar-refractivity contribution in [2.24, 2.45) is 0 Å². The van der Waals surface area contributed by atoms with Gasteiger partial charge in [-0.1, -0.05) is 32.4 Å². The molecule has 2 aromatic rings. The number of rotatable bonds is 10. The molecule has 0 heterocycles. The summed E-state index contributed by atoms with van der Waals surface area (Å²) in [5, 5.41) is 2.69. The lowest BCUT2D eigenvalue weighted by Crippen LogP contribution is -2.32. The van der Waals surface area contributed by atoms with Crippen LogP contribution in [0.5, 0.6) is 5.75 Å². The highest BCUT2D eigenvalue weighted by atomic mass is 32.2. The van der Waals surface area contributed by atoms with Crippen LogP contribution in [0.4, 0.5) is 10.1 Å². The summed E-state index contributed by atoms with van der Waals surface area (Å²) >= 11 is 0. The first kappa shape index (κ1) is 22.8. The molecule has 6 nitrogen and oxygen atoms in total. The molecular formula is C21H27FN2O4S. The number of benzene rings is 2. The zero-order valence-electron chi connectivity index (χ0n) is 16.9. The first-order valence-corrected chi connectivity index (χ1v) is 11.1. The average Bonchev–Trinajstić information content (AvgIpc) is 2.70. The third kappa shape index (κ3) is 5.55. The van der Waals surface area contributed by atoms with E-state index in [4.69, 9.17) is 4.74 Å². The van der Waals surface area contributed by atoms with Crippen molar-refractivity contribution in [2.45, 2.75) is 38.5 Å². The maximum absolute atomic E-state index is 14.4. The number of anilines is 1. The van der Waals surface area contributed by atoms with E-state index in [1.54, 1.807) is 31.2 Å². The van der Waals surface area contributed by atoms with Crippen LogP contribution in [0.2, 0.25) is 0 Å². The zero-order chi connectivity index (χ0) is 21.4. The molecule has 0 bridgehead atoms. The van der Waals surface area contributed by atoms with E-state index in [1.165, 1.54) is 10.4 Å². The molecule has 1 N–H and O–H groups in total. The first-order valence-electron chi connectivity index (χ1n) is 9.68. The summed E-state index contributed by atoms with van der Waals surface area (Å²) in [4.78, 5) is 12.2. The first-order chi connectivity index (χ1) is 13.8. The molecule has 0 spiro atoms. The number of nitrogens with one attached hydrogen (secondary N) is 1. The molecule has 2 rings (SSSR count). The van der Waals surface area contributed by atoms with Gasteiger partial charge < -0.3 is 10.1 Å². The van der Waals surface area contributed by atoms with Gasteiger partial charge in [-0.05, 0) is 43.7 Å². The van der Waals surface area contributed by atoms with Crippen molar-refractivity contribution in [3.8, 4) is 5.75 Å². The van der Waals surface area contributed by atoms with Gasteiger partial charge in [-0.2, -0.15) is 4.31 Å². The Morgan fingerprint density at radius 3 is 2.52 bits per heavy atom. The summed E-state index contributed by atoms with van der Waals surface area (Å²) < 4.78 is 46.9. The van der Waals surface area contributed by atoms with Crippen LogP contribution in [0.1, 0.15) is 44.0 Å². The fourth-order valence-corrected chi connectivity index (χ4v) is 4.39. The minimum atomic E-state index is -4.05. The predicted octanol–water partition coefficient (Wildman–Crippen LogP) is 4.29. The zero-order valence-corrected chi connectivity index (χ0v) is 17.8. The van der Waals surface area contributed by atoms with Gasteiger partial charge in [0, 0.05) is 18.7 Å². The van der Waals surface area contributed by atoms with Crippen LogP contribution in [0, 0.1) is 5.82 Å². The number of unbranched alkanes of at least 4 members (excludes halogenated alkanes) is 1. The monoisotopic (exact) mass is 422 g/mol. The Morgan fingerprint density at radius 2 is 1.86 bits per heavy atom. The molecule has 8 heteroatoms. The molecule has 0 fully saturated rings. The summed E-state index contributed by atoms with van der Waals surface area (Å²) in [6, 6.07) is 10.3. The number of carbonyl (C=O) groups excluding carboxylic acids is 1. The lowest BCUT2D eigenvalue weighted by atomic mass is 10.2. The van der Waals surface area contributed by atoms with Crippen LogP contribution < -0.4 is 10.1 Å². The fraction of sp³-hybridized carbons (Fsp3) is 0.381. The summed E-state index contributed by atoms with van der Waals surface area (Å²) in [5.74, 6) is -0.938. The maximum Gasteiger partial charge on any atom is 0.255 e. The second-order valence-corrected chi connectivity index (χ2v) is 8.29. The van der Waals surface area contributed by atoms with Crippen molar-refractivity contribution in [1.82, 2.24) is 4.31 Å². The molecule has 0 atom stereocenters. The molecule has 0 unspecified atom stereocenters. The topological polar surface area (TPSA) is 75.7 Å². The third-order valence-electron chi connectivity index (χ3n) is 4.36. The van der Waals surface area contributed by atoms with E-state index in [9.17, 15) is 17.6 Å². The second-order valence-electron chi connectivity index (χ2n) is 6.38. The standard InChI is InChI=1S/C21H27FN2O4S/c1-4-7-14-24(5-2)29(26,27)20-15-16(12-13-17(20)22)21(25)23-18-10-8-9-11-19(18)28-6-3/h8-13,15H,4-7,14H2,1-3H3,(H,23,25). The Labute approximate surface area is 171 Å². The van der Waals surface area contributed by atoms with E-state index in [0.29, 0.717) is 31.0 Å². The van der Waals surface area contributed by atoms with Crippen LogP contribution in [-0.2, 0) is 10.0 Å². The number of nitrogens with zero attached hydrogens (tertiary/aromatic N) is 1. The van der Waals surface area contributed by atoms with Gasteiger partial charge in [-0.25, -0.2) is 12.8 Å². The molecule has 0 aliphatic carbocycles. The van der Waals surface area contributed by atoms with Gasteiger partial charge in [-0.15, -0.1) is 0 Å². The predicted molar refractivity (Wildman–Crippen MR) is 111 cm³/mol. The lowest BCUT2D eigenvalue weighted by Gasteiger charge is -2.21. The number of sulfonamides is 1. The second kappa shape index (κ2) is 10.4. The van der Waals surface area contributed by atoms with E-state index >= 15 is 0 Å². The number of amides is 1. The highest BCUT2D eigenvalue weighted by molar-refractivity contribution is 7.89. The van der Waals surface area contributed by atoms with E-state index in [1.807, 2.05) is 13.8 Å². The molecule has 1 amide bonds. The minimum absolute atomic E-state index is 0.0443. The molecule has 0 aliphatic heterocycles. The van der Waals surface area contributed by atoms with Gasteiger partial charge in [0.25, 0.3) is 5.91 Å². The number of halogens is 1. The normalized spacial score (nSPS) is 11.5. The Morgan fingerprint density at radius 1 is 1.14 bits per heavy atom. The van der Waals surface area contributed by atoms with Crippen LogP contribution in [-0.4, -0.2) is 38.3 Å². The van der Waals surface area contributed by atoms with Crippen LogP contribution in [0.25, 0.3) is 0 Å². The van der Waals surface area contributed by atoms with Crippen molar-refractivity contribution in [3.05, 3.63) is 53.8 Å². The Kier molecular flexibility index (Phi) is 8.16. The SMILES string of the molecule is CCCCN(CC)S(=O)(=O)c1cc(C(=O)Nc2ccccc2OCC)ccc1F. The van der Waals surface area contributed by atoms with Crippen LogP contribution >= 0.6 is 0 Å². The van der Waals surface area contributed by atoms with Crippen molar-refractivity contribution in [1.29, 1.82) is 0 Å². The number of para-hydroxylation sites is 2. The van der Waals surface area contributed by atoms with E-state index in [-0.39, 0.29) is 12.1 Å². The summed E-state index contributed by atoms with van der Waals surface area (Å²) in [7, 11) is -4.05. The van der Waals surface area contributed by atoms with E-state index < -0.39 is 26.6 Å². The number of hydrogen-bond donors (Lipinski definition) is 1. The van der Waals surface area contributed by atoms with E-state index in [0.717, 1.165) is 18.6 Å². The van der Waals surface area contributed by atoms with Gasteiger partial charge in [0.2, 0.25) is 10.0 Å². The maximum atomic E-state index is 14.4. The van der Waals surface area contributed by atoms with Crippen molar-refractivity contribution < 1.29 is 22.3 Å². The molecule has 0 saturated heterocycles. The number of hydrogen-bond acceptors (Lipinski definition) is 4. The highest BCUT2D eigenvalue weighted by Crippen LogP contribution is 2.26. The third-order valence-corrected chi connectivity index (χ3v) is 6.35. The minimum Gasteiger partial charge on any atom is -0.492 e. The van der Waals surface area contributed by atoms with Gasteiger partial charge in [-0.3, -0.25) is 4.79 Å². The van der Waals surface area contributed by atoms with Gasteiger partial charge >= 0.3 is 0 Å². The summed E-state index contributed by atoms with van der Waals surface area (Å²) in [6.07, 6.45) is 1.49. The van der Waals surface area contributed by atoms with Crippen molar-refractivity contribution >= 4 is 21.6 Å². The highest BCUT2D eigenvalue weighted by Gasteiger charge is 2.27. The summed E-state index contributed by atoms with van der Waals surface area (Å²) in [6.45, 7) is 6.43. The molecule has 0 aliphatic rings. The summed E-state index contributed by atoms with van der Waals surface area (Å²) in [5.41, 5.74) is 0.494. The van der Waals surface area contributed by atoms with Gasteiger partial charge in [0.1, 0.15) is 16.5 Å². The van der Waals surface area contributed by atoms with Crippen molar-refractivity contribution in [3.63, 3.8) is 0 Å². The Balaban J connectivity index is 2.34. The lowest BCUT2D eigenvalue weighted by molar-refractivity contribution is 0.102. The Hall–Kier alpha value is -2.45. The number of carbonyl (C=O) groups is 1. The molecule has 2 aromatic carbocycles. The van der Waals surface area contributed by atoms with E-state index in [2.05, 4.69) is 5.32 Å². The van der Waals surface area contributed by atoms with Crippen LogP contribution in [0.15, 0.2) is 47.4 Å². The molecule has 29 heavy (non-hydrogen) atoms. The molecular weight excluding hydrogens is 395 g/mol. The van der Waals surface area contributed by atoms with Crippen molar-refractivity contribution in [2.75, 3.05) is 25.0 Å². The molecule has 158 valence electrons. The molecule has 0 radical (unpaired) electrons. The van der Waals surface area contributed by atoms with Gasteiger partial charge in [0.15, 0.2) is 0 Å². The van der Waals surface area contributed by atoms with Gasteiger partial charge in [0.05, 0.1) is 12.3 Å². The largest absolute Gasteiger partial charge is 0.492 e.